The van der Waals surface area contributed by atoms with E-state index in [2.05, 4.69) is 25.9 Å². The summed E-state index contributed by atoms with van der Waals surface area (Å²) in [6, 6.07) is 11.5. The summed E-state index contributed by atoms with van der Waals surface area (Å²) in [7, 11) is 1.54. The summed E-state index contributed by atoms with van der Waals surface area (Å²) in [5.41, 5.74) is 2.67. The Morgan fingerprint density at radius 2 is 2.08 bits per heavy atom. The van der Waals surface area contributed by atoms with Crippen LogP contribution < -0.4 is 9.47 Å². The minimum absolute atomic E-state index is 0.188. The highest BCUT2D eigenvalue weighted by atomic mass is 79.9. The van der Waals surface area contributed by atoms with Crippen LogP contribution in [0.5, 0.6) is 11.5 Å². The third-order valence-corrected chi connectivity index (χ3v) is 4.12. The van der Waals surface area contributed by atoms with Gasteiger partial charge in [-0.1, -0.05) is 12.1 Å². The number of fused-ring (bicyclic) bond motifs is 1. The lowest BCUT2D eigenvalue weighted by Crippen LogP contribution is -2.15. The fourth-order valence-corrected chi connectivity index (χ4v) is 2.98. The van der Waals surface area contributed by atoms with E-state index in [4.69, 9.17) is 14.2 Å². The first-order chi connectivity index (χ1) is 12.1. The molecule has 0 bridgehead atoms. The molecule has 1 aromatic heterocycles. The molecule has 0 atom stereocenters. The van der Waals surface area contributed by atoms with Gasteiger partial charge in [0.25, 0.3) is 0 Å². The highest BCUT2D eigenvalue weighted by Crippen LogP contribution is 2.39. The number of nitrogens with one attached hydrogen (secondary N) is 1. The van der Waals surface area contributed by atoms with Crippen LogP contribution in [-0.4, -0.2) is 36.3 Å². The molecule has 0 radical (unpaired) electrons. The molecule has 25 heavy (non-hydrogen) atoms. The van der Waals surface area contributed by atoms with Gasteiger partial charge in [-0.2, -0.15) is 0 Å². The van der Waals surface area contributed by atoms with Crippen molar-refractivity contribution in [2.24, 2.45) is 0 Å². The second kappa shape index (κ2) is 7.57. The maximum Gasteiger partial charge on any atom is 0.344 e. The molecule has 0 fully saturated rings. The minimum atomic E-state index is -0.433. The van der Waals surface area contributed by atoms with Gasteiger partial charge < -0.3 is 19.2 Å². The number of hydrogen-bond acceptors (Lipinski definition) is 5. The number of hydrogen-bond donors (Lipinski definition) is 1. The van der Waals surface area contributed by atoms with Crippen molar-refractivity contribution in [3.63, 3.8) is 0 Å². The first-order valence-corrected chi connectivity index (χ1v) is 8.52. The van der Waals surface area contributed by atoms with E-state index in [1.807, 2.05) is 36.4 Å². The summed E-state index contributed by atoms with van der Waals surface area (Å²) >= 11 is 3.47. The van der Waals surface area contributed by atoms with Gasteiger partial charge in [0.05, 0.1) is 29.2 Å². The Labute approximate surface area is 153 Å². The third-order valence-electron chi connectivity index (χ3n) is 3.53. The molecule has 6 nitrogen and oxygen atoms in total. The van der Waals surface area contributed by atoms with Gasteiger partial charge in [-0.05, 0) is 47.1 Å². The van der Waals surface area contributed by atoms with Crippen molar-refractivity contribution in [1.29, 1.82) is 0 Å². The lowest BCUT2D eigenvalue weighted by atomic mass is 10.2. The zero-order valence-electron chi connectivity index (χ0n) is 13.8. The number of rotatable bonds is 6. The Kier molecular flexibility index (Phi) is 5.23. The summed E-state index contributed by atoms with van der Waals surface area (Å²) in [5, 5.41) is 0. The molecule has 0 spiro atoms. The molecule has 130 valence electrons. The summed E-state index contributed by atoms with van der Waals surface area (Å²) in [5.74, 6) is 1.22. The fourth-order valence-electron chi connectivity index (χ4n) is 2.42. The maximum absolute atomic E-state index is 11.5. The van der Waals surface area contributed by atoms with Crippen LogP contribution in [0.3, 0.4) is 0 Å². The molecule has 0 aliphatic rings. The highest BCUT2D eigenvalue weighted by Gasteiger charge is 2.16. The molecule has 2 aromatic carbocycles. The standard InChI is InChI=1S/C18H17BrN2O4/c1-3-24-16(22)10-25-17-12(19)8-11(9-15(17)23-2)18-20-13-6-4-5-7-14(13)21-18/h4-9H,3,10H2,1-2H3,(H,20,21). The second-order valence-corrected chi connectivity index (χ2v) is 6.04. The molecule has 0 saturated heterocycles. The van der Waals surface area contributed by atoms with Crippen molar-refractivity contribution in [3.8, 4) is 22.9 Å². The van der Waals surface area contributed by atoms with Crippen molar-refractivity contribution in [3.05, 3.63) is 40.9 Å². The zero-order chi connectivity index (χ0) is 17.8. The average molecular weight is 405 g/mol. The molecule has 1 N–H and O–H groups in total. The van der Waals surface area contributed by atoms with Gasteiger partial charge in [-0.25, -0.2) is 9.78 Å². The van der Waals surface area contributed by atoms with E-state index < -0.39 is 5.97 Å². The van der Waals surface area contributed by atoms with Gasteiger partial charge in [0.15, 0.2) is 18.1 Å². The monoisotopic (exact) mass is 404 g/mol. The molecular weight excluding hydrogens is 388 g/mol. The third kappa shape index (κ3) is 3.76. The summed E-state index contributed by atoms with van der Waals surface area (Å²) in [6.45, 7) is 1.87. The maximum atomic E-state index is 11.5. The van der Waals surface area contributed by atoms with Crippen LogP contribution >= 0.6 is 15.9 Å². The number of methoxy groups -OCH3 is 1. The molecule has 0 saturated carbocycles. The number of nitrogens with zero attached hydrogens (tertiary/aromatic N) is 1. The average Bonchev–Trinajstić information content (AvgIpc) is 3.04. The van der Waals surface area contributed by atoms with E-state index in [-0.39, 0.29) is 6.61 Å². The van der Waals surface area contributed by atoms with Gasteiger partial charge >= 0.3 is 5.97 Å². The number of imidazole rings is 1. The number of H-pyrrole nitrogens is 1. The van der Waals surface area contributed by atoms with Crippen LogP contribution in [0.4, 0.5) is 0 Å². The Balaban J connectivity index is 1.92. The Morgan fingerprint density at radius 1 is 1.28 bits per heavy atom. The number of carbonyl (C=O) groups is 1. The van der Waals surface area contributed by atoms with E-state index in [1.54, 1.807) is 14.0 Å². The summed E-state index contributed by atoms with van der Waals surface area (Å²) < 4.78 is 16.5. The number of esters is 1. The quantitative estimate of drug-likeness (QED) is 0.629. The van der Waals surface area contributed by atoms with Crippen LogP contribution in [0, 0.1) is 0 Å². The van der Waals surface area contributed by atoms with Crippen molar-refractivity contribution in [1.82, 2.24) is 9.97 Å². The summed E-state index contributed by atoms with van der Waals surface area (Å²) in [4.78, 5) is 19.4. The van der Waals surface area contributed by atoms with Gasteiger partial charge in [0, 0.05) is 5.56 Å². The number of halogens is 1. The van der Waals surface area contributed by atoms with E-state index in [0.29, 0.717) is 22.6 Å². The van der Waals surface area contributed by atoms with Gasteiger partial charge in [-0.3, -0.25) is 0 Å². The predicted octanol–water partition coefficient (Wildman–Crippen LogP) is 3.94. The number of carbonyl (C=O) groups excluding carboxylic acids is 1. The molecular formula is C18H17BrN2O4. The molecule has 0 aliphatic carbocycles. The van der Waals surface area contributed by atoms with Crippen LogP contribution in [-0.2, 0) is 9.53 Å². The molecule has 0 unspecified atom stereocenters. The van der Waals surface area contributed by atoms with Crippen molar-refractivity contribution < 1.29 is 19.0 Å². The zero-order valence-corrected chi connectivity index (χ0v) is 15.4. The van der Waals surface area contributed by atoms with Crippen molar-refractivity contribution >= 4 is 32.9 Å². The SMILES string of the molecule is CCOC(=O)COc1c(Br)cc(-c2nc3ccccc3[nH]2)cc1OC. The van der Waals surface area contributed by atoms with E-state index in [1.165, 1.54) is 0 Å². The number of para-hydroxylation sites is 2. The van der Waals surface area contributed by atoms with E-state index in [0.717, 1.165) is 22.4 Å². The molecule has 3 aromatic rings. The molecule has 0 amide bonds. The molecule has 7 heteroatoms. The van der Waals surface area contributed by atoms with Crippen LogP contribution in [0.2, 0.25) is 0 Å². The molecule has 1 heterocycles. The Morgan fingerprint density at radius 3 is 2.80 bits per heavy atom. The number of benzene rings is 2. The van der Waals surface area contributed by atoms with Gasteiger partial charge in [-0.15, -0.1) is 0 Å². The smallest absolute Gasteiger partial charge is 0.344 e. The lowest BCUT2D eigenvalue weighted by Gasteiger charge is -2.13. The Hall–Kier alpha value is -2.54. The van der Waals surface area contributed by atoms with E-state index in [9.17, 15) is 4.79 Å². The first kappa shape index (κ1) is 17.3. The van der Waals surface area contributed by atoms with Gasteiger partial charge in [0.1, 0.15) is 5.82 Å². The molecule has 3 rings (SSSR count). The highest BCUT2D eigenvalue weighted by molar-refractivity contribution is 9.10. The van der Waals surface area contributed by atoms with Crippen molar-refractivity contribution in [2.45, 2.75) is 6.92 Å². The lowest BCUT2D eigenvalue weighted by molar-refractivity contribution is -0.145. The van der Waals surface area contributed by atoms with Crippen LogP contribution in [0.1, 0.15) is 6.92 Å². The van der Waals surface area contributed by atoms with Gasteiger partial charge in [0.2, 0.25) is 0 Å². The first-order valence-electron chi connectivity index (χ1n) is 7.73. The normalized spacial score (nSPS) is 10.7. The predicted molar refractivity (Wildman–Crippen MR) is 97.9 cm³/mol. The van der Waals surface area contributed by atoms with E-state index >= 15 is 0 Å². The number of aromatic amines is 1. The minimum Gasteiger partial charge on any atom is -0.493 e. The topological polar surface area (TPSA) is 73.4 Å². The van der Waals surface area contributed by atoms with Crippen molar-refractivity contribution in [2.75, 3.05) is 20.3 Å². The number of aromatic nitrogens is 2. The number of ether oxygens (including phenoxy) is 3. The largest absolute Gasteiger partial charge is 0.493 e. The van der Waals surface area contributed by atoms with Crippen LogP contribution in [0.25, 0.3) is 22.4 Å². The second-order valence-electron chi connectivity index (χ2n) is 5.19. The molecule has 0 aliphatic heterocycles. The fraction of sp³-hybridized carbons (Fsp3) is 0.222. The van der Waals surface area contributed by atoms with Crippen LogP contribution in [0.15, 0.2) is 40.9 Å². The Bertz CT molecular complexity index is 874. The summed E-state index contributed by atoms with van der Waals surface area (Å²) in [6.07, 6.45) is 0.